The molecule has 0 fully saturated rings. The van der Waals surface area contributed by atoms with Crippen molar-refractivity contribution in [1.82, 2.24) is 15.0 Å². The van der Waals surface area contributed by atoms with Gasteiger partial charge in [0.15, 0.2) is 0 Å². The van der Waals surface area contributed by atoms with Gasteiger partial charge < -0.3 is 4.74 Å². The number of nitrogens with zero attached hydrogens (tertiary/aromatic N) is 3. The fourth-order valence-electron chi connectivity index (χ4n) is 1.49. The molecule has 100 valence electrons. The summed E-state index contributed by atoms with van der Waals surface area (Å²) in [4.78, 5) is 11.7. The quantitative estimate of drug-likeness (QED) is 0.901. The van der Waals surface area contributed by atoms with Crippen molar-refractivity contribution in [3.8, 4) is 5.69 Å². The largest absolute Gasteiger partial charge is 0.444 e. The van der Waals surface area contributed by atoms with Gasteiger partial charge in [-0.2, -0.15) is 0 Å². The molecule has 0 aliphatic heterocycles. The van der Waals surface area contributed by atoms with Crippen LogP contribution < -0.4 is 5.32 Å². The van der Waals surface area contributed by atoms with Crippen molar-refractivity contribution in [1.29, 1.82) is 0 Å². The molecular weight excluding hydrogens is 244 g/mol. The van der Waals surface area contributed by atoms with Gasteiger partial charge in [-0.1, -0.05) is 11.3 Å². The molecule has 0 aliphatic rings. The molecule has 0 aliphatic carbocycles. The van der Waals surface area contributed by atoms with Crippen LogP contribution in [0.4, 0.5) is 10.5 Å². The van der Waals surface area contributed by atoms with Crippen LogP contribution >= 0.6 is 0 Å². The van der Waals surface area contributed by atoms with E-state index in [0.29, 0.717) is 5.69 Å². The van der Waals surface area contributed by atoms with Crippen LogP contribution in [0.5, 0.6) is 0 Å². The van der Waals surface area contributed by atoms with Crippen LogP contribution in [0, 0.1) is 0 Å². The first-order valence-electron chi connectivity index (χ1n) is 5.91. The van der Waals surface area contributed by atoms with Crippen LogP contribution in [-0.2, 0) is 4.74 Å². The van der Waals surface area contributed by atoms with E-state index in [1.165, 1.54) is 0 Å². The molecule has 0 saturated heterocycles. The molecule has 2 aromatic rings. The van der Waals surface area contributed by atoms with E-state index in [0.717, 1.165) is 5.69 Å². The van der Waals surface area contributed by atoms with Gasteiger partial charge in [0.25, 0.3) is 0 Å². The zero-order valence-electron chi connectivity index (χ0n) is 11.1. The Labute approximate surface area is 111 Å². The summed E-state index contributed by atoms with van der Waals surface area (Å²) < 4.78 is 6.80. The van der Waals surface area contributed by atoms with Crippen LogP contribution in [0.1, 0.15) is 20.8 Å². The number of hydrogen-bond acceptors (Lipinski definition) is 4. The number of ether oxygens (including phenoxy) is 1. The third-order valence-electron chi connectivity index (χ3n) is 2.18. The molecule has 1 heterocycles. The van der Waals surface area contributed by atoms with E-state index in [9.17, 15) is 4.79 Å². The van der Waals surface area contributed by atoms with E-state index in [1.54, 1.807) is 29.2 Å². The predicted molar refractivity (Wildman–Crippen MR) is 71.2 cm³/mol. The average Bonchev–Trinajstić information content (AvgIpc) is 2.79. The second-order valence-electron chi connectivity index (χ2n) is 5.02. The minimum Gasteiger partial charge on any atom is -0.444 e. The fraction of sp³-hybridized carbons (Fsp3) is 0.308. The van der Waals surface area contributed by atoms with Crippen LogP contribution in [0.2, 0.25) is 0 Å². The molecule has 1 aromatic carbocycles. The number of aromatic nitrogens is 3. The SMILES string of the molecule is CC(C)(C)OC(=O)Nc1cccc(-n2ccnn2)c1. The number of carbonyl (C=O) groups excluding carboxylic acids is 1. The molecule has 6 nitrogen and oxygen atoms in total. The highest BCUT2D eigenvalue weighted by Crippen LogP contribution is 2.15. The first kappa shape index (κ1) is 13.1. The second-order valence-corrected chi connectivity index (χ2v) is 5.02. The van der Waals surface area contributed by atoms with Crippen molar-refractivity contribution in [2.45, 2.75) is 26.4 Å². The van der Waals surface area contributed by atoms with Crippen molar-refractivity contribution in [3.63, 3.8) is 0 Å². The molecule has 0 atom stereocenters. The molecule has 0 spiro atoms. The Balaban J connectivity index is 2.10. The van der Waals surface area contributed by atoms with E-state index in [4.69, 9.17) is 4.74 Å². The lowest BCUT2D eigenvalue weighted by molar-refractivity contribution is 0.0636. The number of nitrogens with one attached hydrogen (secondary N) is 1. The summed E-state index contributed by atoms with van der Waals surface area (Å²) in [5.41, 5.74) is 0.932. The Hall–Kier alpha value is -2.37. The van der Waals surface area contributed by atoms with Crippen LogP contribution in [0.15, 0.2) is 36.7 Å². The highest BCUT2D eigenvalue weighted by atomic mass is 16.6. The van der Waals surface area contributed by atoms with Crippen molar-refractivity contribution in [2.24, 2.45) is 0 Å². The Morgan fingerprint density at radius 1 is 1.37 bits per heavy atom. The van der Waals surface area contributed by atoms with Gasteiger partial charge in [-0.05, 0) is 39.0 Å². The number of amides is 1. The number of hydrogen-bond donors (Lipinski definition) is 1. The van der Waals surface area contributed by atoms with Crippen molar-refractivity contribution < 1.29 is 9.53 Å². The van der Waals surface area contributed by atoms with Crippen molar-refractivity contribution >= 4 is 11.8 Å². The van der Waals surface area contributed by atoms with E-state index in [-0.39, 0.29) is 0 Å². The molecule has 0 bridgehead atoms. The molecule has 19 heavy (non-hydrogen) atoms. The van der Waals surface area contributed by atoms with Gasteiger partial charge in [-0.25, -0.2) is 9.48 Å². The molecule has 0 unspecified atom stereocenters. The minimum atomic E-state index is -0.520. The average molecular weight is 260 g/mol. The molecule has 2 rings (SSSR count). The van der Waals surface area contributed by atoms with E-state index >= 15 is 0 Å². The van der Waals surface area contributed by atoms with Crippen LogP contribution in [-0.4, -0.2) is 26.7 Å². The Kier molecular flexibility index (Phi) is 3.50. The van der Waals surface area contributed by atoms with Crippen molar-refractivity contribution in [3.05, 3.63) is 36.7 Å². The summed E-state index contributed by atoms with van der Waals surface area (Å²) in [6.07, 6.45) is 2.84. The third kappa shape index (κ3) is 3.80. The summed E-state index contributed by atoms with van der Waals surface area (Å²) in [5.74, 6) is 0. The minimum absolute atomic E-state index is 0.483. The third-order valence-corrected chi connectivity index (χ3v) is 2.18. The van der Waals surface area contributed by atoms with Gasteiger partial charge in [0, 0.05) is 5.69 Å². The number of anilines is 1. The molecule has 0 radical (unpaired) electrons. The maximum atomic E-state index is 11.7. The second kappa shape index (κ2) is 5.09. The summed E-state index contributed by atoms with van der Waals surface area (Å²) in [6.45, 7) is 5.45. The maximum absolute atomic E-state index is 11.7. The Morgan fingerprint density at radius 2 is 2.16 bits per heavy atom. The molecule has 1 aromatic heterocycles. The first-order chi connectivity index (χ1) is 8.94. The van der Waals surface area contributed by atoms with Gasteiger partial charge in [0.05, 0.1) is 18.1 Å². The van der Waals surface area contributed by atoms with Gasteiger partial charge >= 0.3 is 6.09 Å². The van der Waals surface area contributed by atoms with Gasteiger partial charge in [-0.3, -0.25) is 5.32 Å². The topological polar surface area (TPSA) is 69.0 Å². The molecule has 1 amide bonds. The Morgan fingerprint density at radius 3 is 2.79 bits per heavy atom. The van der Waals surface area contributed by atoms with E-state index < -0.39 is 11.7 Å². The van der Waals surface area contributed by atoms with Gasteiger partial charge in [0.1, 0.15) is 5.60 Å². The summed E-state index contributed by atoms with van der Waals surface area (Å²) in [6, 6.07) is 7.27. The highest BCUT2D eigenvalue weighted by Gasteiger charge is 2.16. The lowest BCUT2D eigenvalue weighted by Gasteiger charge is -2.19. The molecule has 0 saturated carbocycles. The monoisotopic (exact) mass is 260 g/mol. The zero-order chi connectivity index (χ0) is 13.9. The zero-order valence-corrected chi connectivity index (χ0v) is 11.1. The number of carbonyl (C=O) groups is 1. The fourth-order valence-corrected chi connectivity index (χ4v) is 1.49. The normalized spacial score (nSPS) is 11.1. The number of rotatable bonds is 2. The lowest BCUT2D eigenvalue weighted by Crippen LogP contribution is -2.27. The summed E-state index contributed by atoms with van der Waals surface area (Å²) in [7, 11) is 0. The predicted octanol–water partition coefficient (Wildman–Crippen LogP) is 2.61. The van der Waals surface area contributed by atoms with Crippen molar-refractivity contribution in [2.75, 3.05) is 5.32 Å². The van der Waals surface area contributed by atoms with Gasteiger partial charge in [-0.15, -0.1) is 5.10 Å². The van der Waals surface area contributed by atoms with Gasteiger partial charge in [0.2, 0.25) is 0 Å². The smallest absolute Gasteiger partial charge is 0.412 e. The Bertz CT molecular complexity index is 558. The van der Waals surface area contributed by atoms with Crippen LogP contribution in [0.25, 0.3) is 5.69 Å². The summed E-state index contributed by atoms with van der Waals surface area (Å²) in [5, 5.41) is 10.3. The first-order valence-corrected chi connectivity index (χ1v) is 5.91. The molecule has 6 heteroatoms. The number of benzene rings is 1. The van der Waals surface area contributed by atoms with E-state index in [2.05, 4.69) is 15.6 Å². The lowest BCUT2D eigenvalue weighted by atomic mass is 10.2. The molecular formula is C13H16N4O2. The highest BCUT2D eigenvalue weighted by molar-refractivity contribution is 5.85. The van der Waals surface area contributed by atoms with Crippen LogP contribution in [0.3, 0.4) is 0 Å². The van der Waals surface area contributed by atoms with E-state index in [1.807, 2.05) is 32.9 Å². The summed E-state index contributed by atoms with van der Waals surface area (Å²) >= 11 is 0. The molecule has 1 N–H and O–H groups in total. The standard InChI is InChI=1S/C13H16N4O2/c1-13(2,3)19-12(18)15-10-5-4-6-11(9-10)17-8-7-14-16-17/h4-9H,1-3H3,(H,15,18). The maximum Gasteiger partial charge on any atom is 0.412 e.